The zero-order valence-corrected chi connectivity index (χ0v) is 21.3. The summed E-state index contributed by atoms with van der Waals surface area (Å²) in [6, 6.07) is 28.9. The minimum Gasteiger partial charge on any atom is -0.497 e. The molecule has 4 rings (SSSR count). The molecule has 0 saturated carbocycles. The molecule has 1 aliphatic heterocycles. The first kappa shape index (κ1) is 24.4. The highest BCUT2D eigenvalue weighted by Crippen LogP contribution is 2.37. The lowest BCUT2D eigenvalue weighted by Gasteiger charge is -2.44. The van der Waals surface area contributed by atoms with Gasteiger partial charge in [0.05, 0.1) is 13.7 Å². The van der Waals surface area contributed by atoms with Crippen molar-refractivity contribution in [3.05, 3.63) is 103 Å². The first-order valence-corrected chi connectivity index (χ1v) is 13.7. The second-order valence-corrected chi connectivity index (χ2v) is 14.0. The van der Waals surface area contributed by atoms with Crippen molar-refractivity contribution < 1.29 is 19.0 Å². The van der Waals surface area contributed by atoms with Crippen molar-refractivity contribution in [3.8, 4) is 5.75 Å². The summed E-state index contributed by atoms with van der Waals surface area (Å²) in [5.41, 5.74) is 1.01. The van der Waals surface area contributed by atoms with Crippen molar-refractivity contribution in [1.29, 1.82) is 0 Å². The molecule has 0 aromatic heterocycles. The van der Waals surface area contributed by atoms with E-state index in [-0.39, 0.29) is 11.1 Å². The van der Waals surface area contributed by atoms with Gasteiger partial charge in [0.25, 0.3) is 8.32 Å². The van der Waals surface area contributed by atoms with Gasteiger partial charge in [-0.15, -0.1) is 0 Å². The van der Waals surface area contributed by atoms with E-state index in [0.29, 0.717) is 6.61 Å². The predicted molar refractivity (Wildman–Crippen MR) is 139 cm³/mol. The molecule has 34 heavy (non-hydrogen) atoms. The molecule has 0 radical (unpaired) electrons. The van der Waals surface area contributed by atoms with Gasteiger partial charge in [-0.3, -0.25) is 0 Å². The maximum absolute atomic E-state index is 10.8. The van der Waals surface area contributed by atoms with Crippen molar-refractivity contribution in [3.63, 3.8) is 0 Å². The Morgan fingerprint density at radius 2 is 1.38 bits per heavy atom. The van der Waals surface area contributed by atoms with Gasteiger partial charge in [0.15, 0.2) is 0 Å². The molecule has 0 saturated heterocycles. The molecule has 0 aliphatic carbocycles. The Kier molecular flexibility index (Phi) is 7.38. The lowest BCUT2D eigenvalue weighted by atomic mass is 10.0. The Morgan fingerprint density at radius 1 is 0.824 bits per heavy atom. The number of aliphatic hydroxyl groups is 1. The van der Waals surface area contributed by atoms with Gasteiger partial charge < -0.3 is 19.0 Å². The quantitative estimate of drug-likeness (QED) is 0.401. The van der Waals surface area contributed by atoms with Crippen LogP contribution >= 0.6 is 0 Å². The van der Waals surface area contributed by atoms with Crippen LogP contribution in [0, 0.1) is 0 Å². The van der Waals surface area contributed by atoms with Crippen molar-refractivity contribution in [2.24, 2.45) is 0 Å². The predicted octanol–water partition coefficient (Wildman–Crippen LogP) is 4.63. The Morgan fingerprint density at radius 3 is 1.88 bits per heavy atom. The molecular formula is C29H34O4Si. The molecule has 0 fully saturated rings. The van der Waals surface area contributed by atoms with Crippen LogP contribution < -0.4 is 15.1 Å². The Bertz CT molecular complexity index is 1040. The fourth-order valence-corrected chi connectivity index (χ4v) is 9.31. The monoisotopic (exact) mass is 474 g/mol. The average molecular weight is 475 g/mol. The SMILES string of the molecule is COc1ccc([C@@H]2C=C[C@@H](O)[C@@H](CO[Si](c3ccccc3)(c3ccccc3)C(C)(C)C)O2)cc1. The van der Waals surface area contributed by atoms with Crippen LogP contribution in [0.4, 0.5) is 0 Å². The zero-order valence-electron chi connectivity index (χ0n) is 20.3. The topological polar surface area (TPSA) is 47.9 Å². The number of hydrogen-bond acceptors (Lipinski definition) is 4. The van der Waals surface area contributed by atoms with Gasteiger partial charge >= 0.3 is 0 Å². The summed E-state index contributed by atoms with van der Waals surface area (Å²) in [5, 5.41) is 13.0. The van der Waals surface area contributed by atoms with Crippen LogP contribution in [0.3, 0.4) is 0 Å². The van der Waals surface area contributed by atoms with Gasteiger partial charge in [0.2, 0.25) is 0 Å². The molecule has 0 bridgehead atoms. The summed E-state index contributed by atoms with van der Waals surface area (Å²) in [6.07, 6.45) is 2.28. The van der Waals surface area contributed by atoms with Gasteiger partial charge in [-0.05, 0) is 33.1 Å². The van der Waals surface area contributed by atoms with E-state index in [1.54, 1.807) is 7.11 Å². The molecule has 1 N–H and O–H groups in total. The third-order valence-corrected chi connectivity index (χ3v) is 11.5. The summed E-state index contributed by atoms with van der Waals surface area (Å²) in [4.78, 5) is 0. The average Bonchev–Trinajstić information content (AvgIpc) is 2.86. The Balaban J connectivity index is 1.64. The highest BCUT2D eigenvalue weighted by atomic mass is 28.4. The van der Waals surface area contributed by atoms with E-state index in [1.165, 1.54) is 10.4 Å². The van der Waals surface area contributed by atoms with Crippen LogP contribution in [-0.2, 0) is 9.16 Å². The highest BCUT2D eigenvalue weighted by Gasteiger charge is 2.50. The molecule has 1 heterocycles. The molecule has 0 amide bonds. The van der Waals surface area contributed by atoms with E-state index in [4.69, 9.17) is 13.9 Å². The van der Waals surface area contributed by atoms with Crippen molar-refractivity contribution >= 4 is 18.7 Å². The largest absolute Gasteiger partial charge is 0.497 e. The number of hydrogen-bond donors (Lipinski definition) is 1. The molecular weight excluding hydrogens is 440 g/mol. The Labute approximate surface area is 204 Å². The third kappa shape index (κ3) is 4.89. The van der Waals surface area contributed by atoms with Gasteiger partial charge in [0.1, 0.15) is 24.1 Å². The standard InChI is InChI=1S/C29H34O4Si/c1-29(2,3)34(24-11-7-5-8-12-24,25-13-9-6-10-14-25)32-21-28-26(30)19-20-27(33-28)22-15-17-23(31-4)18-16-22/h5-20,26-28,30H,21H2,1-4H3/t26-,27+,28-/m1/s1. The van der Waals surface area contributed by atoms with E-state index in [0.717, 1.165) is 11.3 Å². The normalized spacial score (nSPS) is 20.8. The highest BCUT2D eigenvalue weighted by molar-refractivity contribution is 6.99. The fraction of sp³-hybridized carbons (Fsp3) is 0.310. The molecule has 5 heteroatoms. The van der Waals surface area contributed by atoms with E-state index in [1.807, 2.05) is 48.6 Å². The maximum Gasteiger partial charge on any atom is 0.261 e. The van der Waals surface area contributed by atoms with Crippen LogP contribution in [0.25, 0.3) is 0 Å². The summed E-state index contributed by atoms with van der Waals surface area (Å²) in [6.45, 7) is 7.04. The summed E-state index contributed by atoms with van der Waals surface area (Å²) >= 11 is 0. The molecule has 4 nitrogen and oxygen atoms in total. The fourth-order valence-electron chi connectivity index (χ4n) is 4.74. The van der Waals surface area contributed by atoms with Gasteiger partial charge in [-0.25, -0.2) is 0 Å². The van der Waals surface area contributed by atoms with Crippen LogP contribution in [-0.4, -0.2) is 39.3 Å². The van der Waals surface area contributed by atoms with E-state index >= 15 is 0 Å². The number of rotatable bonds is 7. The molecule has 1 aliphatic rings. The molecule has 0 unspecified atom stereocenters. The van der Waals surface area contributed by atoms with Gasteiger partial charge in [-0.2, -0.15) is 0 Å². The smallest absolute Gasteiger partial charge is 0.261 e. The lowest BCUT2D eigenvalue weighted by molar-refractivity contribution is -0.0775. The maximum atomic E-state index is 10.8. The molecule has 3 aromatic rings. The summed E-state index contributed by atoms with van der Waals surface area (Å²) in [5.74, 6) is 0.801. The van der Waals surface area contributed by atoms with Crippen molar-refractivity contribution in [1.82, 2.24) is 0 Å². The second-order valence-electron chi connectivity index (χ2n) is 9.72. The zero-order chi connectivity index (χ0) is 24.2. The molecule has 0 spiro atoms. The molecule has 3 atom stereocenters. The Hall–Kier alpha value is -2.70. The van der Waals surface area contributed by atoms with E-state index < -0.39 is 20.5 Å². The van der Waals surface area contributed by atoms with Crippen molar-refractivity contribution in [2.75, 3.05) is 13.7 Å². The summed E-state index contributed by atoms with van der Waals surface area (Å²) in [7, 11) is -1.05. The lowest BCUT2D eigenvalue weighted by Crippen LogP contribution is -2.67. The van der Waals surface area contributed by atoms with Crippen LogP contribution in [0.1, 0.15) is 32.4 Å². The minimum absolute atomic E-state index is 0.138. The van der Waals surface area contributed by atoms with Gasteiger partial charge in [0, 0.05) is 0 Å². The van der Waals surface area contributed by atoms with Gasteiger partial charge in [-0.1, -0.05) is 106 Å². The minimum atomic E-state index is -2.71. The number of benzene rings is 3. The molecule has 178 valence electrons. The number of methoxy groups -OCH3 is 1. The van der Waals surface area contributed by atoms with Crippen molar-refractivity contribution in [2.45, 2.75) is 44.1 Å². The third-order valence-electron chi connectivity index (χ3n) is 6.51. The van der Waals surface area contributed by atoms with E-state index in [2.05, 4.69) is 69.3 Å². The first-order chi connectivity index (χ1) is 16.3. The second kappa shape index (κ2) is 10.3. The van der Waals surface area contributed by atoms with Crippen LogP contribution in [0.2, 0.25) is 5.04 Å². The first-order valence-electron chi connectivity index (χ1n) is 11.8. The molecule has 3 aromatic carbocycles. The van der Waals surface area contributed by atoms with E-state index in [9.17, 15) is 5.11 Å². The van der Waals surface area contributed by atoms with Crippen LogP contribution in [0.15, 0.2) is 97.1 Å². The number of ether oxygens (including phenoxy) is 2. The van der Waals surface area contributed by atoms with Crippen LogP contribution in [0.5, 0.6) is 5.75 Å². The summed E-state index contributed by atoms with van der Waals surface area (Å²) < 4.78 is 18.6. The number of aliphatic hydroxyl groups excluding tert-OH is 1.